The van der Waals surface area contributed by atoms with E-state index in [-0.39, 0.29) is 0 Å². The molecule has 3 rings (SSSR count). The van der Waals surface area contributed by atoms with Gasteiger partial charge in [-0.15, -0.1) is 0 Å². The normalized spacial score (nSPS) is 35.1. The molecule has 3 heterocycles. The van der Waals surface area contributed by atoms with E-state index in [1.54, 1.807) is 0 Å². The molecular formula is C9H13N3O2. The zero-order valence-electron chi connectivity index (χ0n) is 8.06. The Kier molecular flexibility index (Phi) is 1.73. The molecule has 0 aliphatic carbocycles. The summed E-state index contributed by atoms with van der Waals surface area (Å²) in [4.78, 5) is 4.11. The van der Waals surface area contributed by atoms with Gasteiger partial charge in [0.05, 0.1) is 18.2 Å². The molecule has 0 amide bonds. The molecule has 1 aromatic rings. The fourth-order valence-corrected chi connectivity index (χ4v) is 2.30. The van der Waals surface area contributed by atoms with Gasteiger partial charge in [0.15, 0.2) is 5.82 Å². The minimum Gasteiger partial charge on any atom is -0.373 e. The van der Waals surface area contributed by atoms with Crippen molar-refractivity contribution in [2.45, 2.75) is 44.4 Å². The molecule has 1 N–H and O–H groups in total. The lowest BCUT2D eigenvalue weighted by Gasteiger charge is -2.17. The molecule has 2 saturated heterocycles. The summed E-state index contributed by atoms with van der Waals surface area (Å²) in [6.45, 7) is 1.81. The first-order valence-corrected chi connectivity index (χ1v) is 5.03. The molecular weight excluding hydrogens is 182 g/mol. The second-order valence-corrected chi connectivity index (χ2v) is 4.01. The van der Waals surface area contributed by atoms with Crippen molar-refractivity contribution < 1.29 is 9.26 Å². The third kappa shape index (κ3) is 1.28. The van der Waals surface area contributed by atoms with Gasteiger partial charge in [0.2, 0.25) is 0 Å². The van der Waals surface area contributed by atoms with Gasteiger partial charge in [-0.1, -0.05) is 5.16 Å². The minimum atomic E-state index is 0.340. The maximum absolute atomic E-state index is 5.71. The molecule has 3 atom stereocenters. The topological polar surface area (TPSA) is 60.2 Å². The lowest BCUT2D eigenvalue weighted by Crippen LogP contribution is -2.30. The Hall–Kier alpha value is -1.10. The van der Waals surface area contributed by atoms with Crippen LogP contribution in [0.1, 0.15) is 25.1 Å². The number of rotatable bonds is 2. The van der Waals surface area contributed by atoms with Gasteiger partial charge < -0.3 is 14.6 Å². The number of anilines is 1. The van der Waals surface area contributed by atoms with Crippen LogP contribution in [-0.4, -0.2) is 28.4 Å². The van der Waals surface area contributed by atoms with Crippen LogP contribution < -0.4 is 5.32 Å². The number of aromatic nitrogens is 2. The number of nitrogens with zero attached hydrogens (tertiary/aromatic N) is 2. The molecule has 0 radical (unpaired) electrons. The summed E-state index contributed by atoms with van der Waals surface area (Å²) >= 11 is 0. The van der Waals surface area contributed by atoms with Gasteiger partial charge in [0.1, 0.15) is 0 Å². The first-order valence-electron chi connectivity index (χ1n) is 5.03. The molecule has 0 aromatic carbocycles. The van der Waals surface area contributed by atoms with Crippen LogP contribution in [0.15, 0.2) is 4.52 Å². The van der Waals surface area contributed by atoms with Crippen LogP contribution in [0.2, 0.25) is 0 Å². The van der Waals surface area contributed by atoms with Gasteiger partial charge in [0, 0.05) is 0 Å². The molecule has 0 spiro atoms. The Labute approximate surface area is 81.8 Å². The fourth-order valence-electron chi connectivity index (χ4n) is 2.30. The van der Waals surface area contributed by atoms with E-state index in [9.17, 15) is 0 Å². The third-order valence-corrected chi connectivity index (χ3v) is 2.94. The van der Waals surface area contributed by atoms with Gasteiger partial charge in [-0.25, -0.2) is 0 Å². The molecule has 3 unspecified atom stereocenters. The van der Waals surface area contributed by atoms with Crippen LogP contribution in [0.5, 0.6) is 0 Å². The smallest absolute Gasteiger partial charge is 0.321 e. The first kappa shape index (κ1) is 8.23. The minimum absolute atomic E-state index is 0.340. The van der Waals surface area contributed by atoms with Gasteiger partial charge in [-0.3, -0.25) is 0 Å². The summed E-state index contributed by atoms with van der Waals surface area (Å²) in [5.41, 5.74) is 0. The standard InChI is InChI=1S/C9H13N3O2/c1-5-10-9(14-12-5)11-7-4-6-2-3-8(7)13-6/h6-8H,2-4H2,1H3,(H,10,11,12). The van der Waals surface area contributed by atoms with Gasteiger partial charge >= 0.3 is 6.01 Å². The molecule has 2 fully saturated rings. The van der Waals surface area contributed by atoms with Gasteiger partial charge in [0.25, 0.3) is 0 Å². The maximum atomic E-state index is 5.71. The van der Waals surface area contributed by atoms with E-state index >= 15 is 0 Å². The molecule has 1 aromatic heterocycles. The van der Waals surface area contributed by atoms with Crippen molar-refractivity contribution in [3.63, 3.8) is 0 Å². The Morgan fingerprint density at radius 2 is 2.36 bits per heavy atom. The van der Waals surface area contributed by atoms with Crippen molar-refractivity contribution in [2.75, 3.05) is 5.32 Å². The lowest BCUT2D eigenvalue weighted by molar-refractivity contribution is 0.102. The molecule has 76 valence electrons. The fraction of sp³-hybridized carbons (Fsp3) is 0.778. The quantitative estimate of drug-likeness (QED) is 0.766. The summed E-state index contributed by atoms with van der Waals surface area (Å²) in [5.74, 6) is 0.663. The second-order valence-electron chi connectivity index (χ2n) is 4.01. The maximum Gasteiger partial charge on any atom is 0.321 e. The van der Waals surface area contributed by atoms with E-state index < -0.39 is 0 Å². The Morgan fingerprint density at radius 1 is 1.43 bits per heavy atom. The van der Waals surface area contributed by atoms with Crippen molar-refractivity contribution in [3.05, 3.63) is 5.82 Å². The van der Waals surface area contributed by atoms with E-state index in [2.05, 4.69) is 15.5 Å². The Bertz CT molecular complexity index is 339. The average molecular weight is 195 g/mol. The SMILES string of the molecule is Cc1noc(NC2CC3CCC2O3)n1. The average Bonchev–Trinajstić information content (AvgIpc) is 2.82. The van der Waals surface area contributed by atoms with Crippen LogP contribution in [0.25, 0.3) is 0 Å². The molecule has 0 saturated carbocycles. The van der Waals surface area contributed by atoms with Crippen molar-refractivity contribution in [2.24, 2.45) is 0 Å². The van der Waals surface area contributed by atoms with E-state index in [0.717, 1.165) is 12.8 Å². The molecule has 5 nitrogen and oxygen atoms in total. The van der Waals surface area contributed by atoms with Crippen LogP contribution in [-0.2, 0) is 4.74 Å². The molecule has 5 heteroatoms. The number of aryl methyl sites for hydroxylation is 1. The molecule has 2 aliphatic rings. The number of hydrogen-bond acceptors (Lipinski definition) is 5. The summed E-state index contributed by atoms with van der Waals surface area (Å²) in [6, 6.07) is 0.872. The third-order valence-electron chi connectivity index (χ3n) is 2.94. The van der Waals surface area contributed by atoms with Gasteiger partial charge in [-0.05, 0) is 26.2 Å². The highest BCUT2D eigenvalue weighted by atomic mass is 16.5. The molecule has 2 aliphatic heterocycles. The van der Waals surface area contributed by atoms with Crippen molar-refractivity contribution in [1.82, 2.24) is 10.1 Å². The summed E-state index contributed by atoms with van der Waals surface area (Å²) < 4.78 is 10.7. The highest BCUT2D eigenvalue weighted by Crippen LogP contribution is 2.35. The van der Waals surface area contributed by atoms with Crippen LogP contribution in [0.3, 0.4) is 0 Å². The summed E-state index contributed by atoms with van der Waals surface area (Å²) in [5, 5.41) is 6.96. The van der Waals surface area contributed by atoms with Crippen LogP contribution >= 0.6 is 0 Å². The van der Waals surface area contributed by atoms with Crippen LogP contribution in [0, 0.1) is 6.92 Å². The zero-order chi connectivity index (χ0) is 9.54. The zero-order valence-corrected chi connectivity index (χ0v) is 8.06. The van der Waals surface area contributed by atoms with Crippen molar-refractivity contribution in [3.8, 4) is 0 Å². The summed E-state index contributed by atoms with van der Waals surface area (Å²) in [6.07, 6.45) is 4.20. The van der Waals surface area contributed by atoms with E-state index in [0.29, 0.717) is 30.1 Å². The lowest BCUT2D eigenvalue weighted by atomic mass is 9.96. The van der Waals surface area contributed by atoms with E-state index in [1.165, 1.54) is 6.42 Å². The molecule has 14 heavy (non-hydrogen) atoms. The van der Waals surface area contributed by atoms with Crippen molar-refractivity contribution in [1.29, 1.82) is 0 Å². The highest BCUT2D eigenvalue weighted by molar-refractivity contribution is 5.23. The summed E-state index contributed by atoms with van der Waals surface area (Å²) in [7, 11) is 0. The van der Waals surface area contributed by atoms with Crippen molar-refractivity contribution >= 4 is 6.01 Å². The largest absolute Gasteiger partial charge is 0.373 e. The number of fused-ring (bicyclic) bond motifs is 2. The van der Waals surface area contributed by atoms with E-state index in [1.807, 2.05) is 6.92 Å². The van der Waals surface area contributed by atoms with E-state index in [4.69, 9.17) is 9.26 Å². The predicted molar refractivity (Wildman–Crippen MR) is 49.0 cm³/mol. The first-order chi connectivity index (χ1) is 6.81. The number of hydrogen-bond donors (Lipinski definition) is 1. The second kappa shape index (κ2) is 2.95. The van der Waals surface area contributed by atoms with Crippen LogP contribution in [0.4, 0.5) is 6.01 Å². The number of nitrogens with one attached hydrogen (secondary N) is 1. The highest BCUT2D eigenvalue weighted by Gasteiger charge is 2.41. The predicted octanol–water partition coefficient (Wildman–Crippen LogP) is 1.11. The molecule has 2 bridgehead atoms. The Morgan fingerprint density at radius 3 is 2.93 bits per heavy atom. The number of ether oxygens (including phenoxy) is 1. The van der Waals surface area contributed by atoms with Gasteiger partial charge in [-0.2, -0.15) is 4.98 Å². The Balaban J connectivity index is 1.68. The monoisotopic (exact) mass is 195 g/mol.